The third-order valence-electron chi connectivity index (χ3n) is 1.96. The van der Waals surface area contributed by atoms with Gasteiger partial charge in [-0.1, -0.05) is 0 Å². The highest BCUT2D eigenvalue weighted by Crippen LogP contribution is 2.22. The van der Waals surface area contributed by atoms with Crippen molar-refractivity contribution in [2.45, 2.75) is 6.92 Å². The molecular weight excluding hydrogens is 164 g/mol. The molecule has 3 nitrogen and oxygen atoms in total. The van der Waals surface area contributed by atoms with Crippen molar-refractivity contribution in [1.82, 2.24) is 0 Å². The average Bonchev–Trinajstić information content (AvgIpc) is 2.16. The van der Waals surface area contributed by atoms with E-state index in [1.165, 1.54) is 0 Å². The van der Waals surface area contributed by atoms with Gasteiger partial charge in [-0.3, -0.25) is 4.79 Å². The average molecular weight is 178 g/mol. The normalized spacial score (nSPS) is 9.46. The van der Waals surface area contributed by atoms with E-state index in [0.29, 0.717) is 0 Å². The summed E-state index contributed by atoms with van der Waals surface area (Å²) in [6.45, 7) is 1.56. The molecule has 1 rings (SSSR count). The minimum Gasteiger partial charge on any atom is -0.386 e. The predicted octanol–water partition coefficient (Wildman–Crippen LogP) is 1.97. The van der Waals surface area contributed by atoms with Crippen LogP contribution in [-0.2, 0) is 0 Å². The first-order chi connectivity index (χ1) is 6.19. The van der Waals surface area contributed by atoms with Crippen LogP contribution in [0.1, 0.15) is 17.3 Å². The van der Waals surface area contributed by atoms with Crippen molar-refractivity contribution in [3.63, 3.8) is 0 Å². The lowest BCUT2D eigenvalue weighted by Gasteiger charge is -2.09. The number of carbonyl (C=O) groups is 1. The van der Waals surface area contributed by atoms with Gasteiger partial charge in [-0.15, -0.1) is 0 Å². The van der Waals surface area contributed by atoms with E-state index in [4.69, 9.17) is 0 Å². The molecule has 0 atom stereocenters. The molecule has 0 aliphatic carbocycles. The van der Waals surface area contributed by atoms with Crippen LogP contribution in [0.2, 0.25) is 0 Å². The third kappa shape index (κ3) is 1.99. The van der Waals surface area contributed by atoms with Crippen molar-refractivity contribution >= 4 is 17.2 Å². The van der Waals surface area contributed by atoms with Crippen LogP contribution in [-0.4, -0.2) is 19.9 Å². The summed E-state index contributed by atoms with van der Waals surface area (Å²) >= 11 is 0. The SMILES string of the molecule is CNc1ccc(C(C)=O)cc1NC. The second kappa shape index (κ2) is 3.94. The van der Waals surface area contributed by atoms with E-state index in [-0.39, 0.29) is 5.78 Å². The third-order valence-corrected chi connectivity index (χ3v) is 1.96. The number of anilines is 2. The molecule has 0 aliphatic rings. The molecular formula is C10H14N2O. The number of benzene rings is 1. The topological polar surface area (TPSA) is 41.1 Å². The molecule has 0 radical (unpaired) electrons. The Bertz CT molecular complexity index is 321. The van der Waals surface area contributed by atoms with Crippen molar-refractivity contribution in [3.05, 3.63) is 23.8 Å². The molecule has 0 aliphatic heterocycles. The maximum absolute atomic E-state index is 11.1. The van der Waals surface area contributed by atoms with Gasteiger partial charge in [0.1, 0.15) is 0 Å². The van der Waals surface area contributed by atoms with Crippen LogP contribution in [0, 0.1) is 0 Å². The fourth-order valence-corrected chi connectivity index (χ4v) is 1.19. The zero-order valence-electron chi connectivity index (χ0n) is 8.14. The van der Waals surface area contributed by atoms with Crippen LogP contribution >= 0.6 is 0 Å². The number of hydrogen-bond donors (Lipinski definition) is 2. The number of nitrogens with one attached hydrogen (secondary N) is 2. The molecule has 0 spiro atoms. The van der Waals surface area contributed by atoms with E-state index >= 15 is 0 Å². The lowest BCUT2D eigenvalue weighted by atomic mass is 10.1. The number of ketones is 1. The minimum absolute atomic E-state index is 0.0825. The van der Waals surface area contributed by atoms with Crippen LogP contribution in [0.15, 0.2) is 18.2 Å². The summed E-state index contributed by atoms with van der Waals surface area (Å²) < 4.78 is 0. The molecule has 2 N–H and O–H groups in total. The van der Waals surface area contributed by atoms with Gasteiger partial charge in [-0.2, -0.15) is 0 Å². The van der Waals surface area contributed by atoms with Gasteiger partial charge in [0.2, 0.25) is 0 Å². The molecule has 0 bridgehead atoms. The molecule has 70 valence electrons. The van der Waals surface area contributed by atoms with E-state index in [1.807, 2.05) is 32.3 Å². The maximum Gasteiger partial charge on any atom is 0.159 e. The van der Waals surface area contributed by atoms with Gasteiger partial charge in [-0.05, 0) is 25.1 Å². The number of hydrogen-bond acceptors (Lipinski definition) is 3. The number of carbonyl (C=O) groups excluding carboxylic acids is 1. The highest BCUT2D eigenvalue weighted by Gasteiger charge is 2.03. The zero-order chi connectivity index (χ0) is 9.84. The monoisotopic (exact) mass is 178 g/mol. The lowest BCUT2D eigenvalue weighted by molar-refractivity contribution is 0.101. The summed E-state index contributed by atoms with van der Waals surface area (Å²) in [6, 6.07) is 5.55. The summed E-state index contributed by atoms with van der Waals surface area (Å²) in [5, 5.41) is 6.07. The molecule has 0 heterocycles. The lowest BCUT2D eigenvalue weighted by Crippen LogP contribution is -1.99. The second-order valence-corrected chi connectivity index (χ2v) is 2.82. The Hall–Kier alpha value is -1.51. The molecule has 1 aromatic carbocycles. The van der Waals surface area contributed by atoms with E-state index in [9.17, 15) is 4.79 Å². The molecule has 0 unspecified atom stereocenters. The fraction of sp³-hybridized carbons (Fsp3) is 0.300. The summed E-state index contributed by atoms with van der Waals surface area (Å²) in [7, 11) is 3.68. The number of rotatable bonds is 3. The van der Waals surface area contributed by atoms with Gasteiger partial charge in [0.25, 0.3) is 0 Å². The first-order valence-electron chi connectivity index (χ1n) is 4.19. The second-order valence-electron chi connectivity index (χ2n) is 2.82. The first kappa shape index (κ1) is 9.58. The maximum atomic E-state index is 11.1. The Morgan fingerprint density at radius 1 is 1.15 bits per heavy atom. The van der Waals surface area contributed by atoms with E-state index in [1.54, 1.807) is 6.92 Å². The molecule has 0 aromatic heterocycles. The first-order valence-corrected chi connectivity index (χ1v) is 4.19. The highest BCUT2D eigenvalue weighted by atomic mass is 16.1. The van der Waals surface area contributed by atoms with Gasteiger partial charge in [0.15, 0.2) is 5.78 Å². The number of Topliss-reactive ketones (excluding diaryl/α,β-unsaturated/α-hetero) is 1. The fourth-order valence-electron chi connectivity index (χ4n) is 1.19. The van der Waals surface area contributed by atoms with Crippen molar-refractivity contribution < 1.29 is 4.79 Å². The van der Waals surface area contributed by atoms with Gasteiger partial charge < -0.3 is 10.6 Å². The van der Waals surface area contributed by atoms with Crippen molar-refractivity contribution in [2.75, 3.05) is 24.7 Å². The van der Waals surface area contributed by atoms with Crippen LogP contribution in [0.5, 0.6) is 0 Å². The standard InChI is InChI=1S/C10H14N2O/c1-7(13)8-4-5-9(11-2)10(6-8)12-3/h4-6,11-12H,1-3H3. The molecule has 0 saturated carbocycles. The smallest absolute Gasteiger partial charge is 0.159 e. The Morgan fingerprint density at radius 3 is 2.23 bits per heavy atom. The van der Waals surface area contributed by atoms with Gasteiger partial charge >= 0.3 is 0 Å². The molecule has 0 saturated heterocycles. The summed E-state index contributed by atoms with van der Waals surface area (Å²) in [6.07, 6.45) is 0. The predicted molar refractivity (Wildman–Crippen MR) is 55.5 cm³/mol. The van der Waals surface area contributed by atoms with Crippen molar-refractivity contribution in [2.24, 2.45) is 0 Å². The molecule has 1 aromatic rings. The summed E-state index contributed by atoms with van der Waals surface area (Å²) in [5.41, 5.74) is 2.66. The summed E-state index contributed by atoms with van der Waals surface area (Å²) in [4.78, 5) is 11.1. The Morgan fingerprint density at radius 2 is 1.77 bits per heavy atom. The quantitative estimate of drug-likeness (QED) is 0.695. The highest BCUT2D eigenvalue weighted by molar-refractivity contribution is 5.96. The Balaban J connectivity index is 3.13. The summed E-state index contributed by atoms with van der Waals surface area (Å²) in [5.74, 6) is 0.0825. The van der Waals surface area contributed by atoms with Crippen LogP contribution in [0.4, 0.5) is 11.4 Å². The Kier molecular flexibility index (Phi) is 2.90. The van der Waals surface area contributed by atoms with Crippen LogP contribution in [0.25, 0.3) is 0 Å². The zero-order valence-corrected chi connectivity index (χ0v) is 8.14. The van der Waals surface area contributed by atoms with Crippen molar-refractivity contribution in [1.29, 1.82) is 0 Å². The molecule has 3 heteroatoms. The van der Waals surface area contributed by atoms with Crippen molar-refractivity contribution in [3.8, 4) is 0 Å². The van der Waals surface area contributed by atoms with Crippen LogP contribution in [0.3, 0.4) is 0 Å². The Labute approximate surface area is 78.2 Å². The molecule has 0 fully saturated rings. The minimum atomic E-state index is 0.0825. The van der Waals surface area contributed by atoms with Crippen LogP contribution < -0.4 is 10.6 Å². The van der Waals surface area contributed by atoms with E-state index in [2.05, 4.69) is 10.6 Å². The molecule has 13 heavy (non-hydrogen) atoms. The van der Waals surface area contributed by atoms with Gasteiger partial charge in [0, 0.05) is 19.7 Å². The van der Waals surface area contributed by atoms with E-state index < -0.39 is 0 Å². The van der Waals surface area contributed by atoms with Gasteiger partial charge in [0.05, 0.1) is 11.4 Å². The van der Waals surface area contributed by atoms with Gasteiger partial charge in [-0.25, -0.2) is 0 Å². The largest absolute Gasteiger partial charge is 0.386 e. The van der Waals surface area contributed by atoms with E-state index in [0.717, 1.165) is 16.9 Å². The molecule has 0 amide bonds.